The zero-order valence-corrected chi connectivity index (χ0v) is 12.7. The van der Waals surface area contributed by atoms with Crippen LogP contribution in [0.15, 0.2) is 24.7 Å². The molecule has 1 fully saturated rings. The lowest BCUT2D eigenvalue weighted by Gasteiger charge is -2.22. The van der Waals surface area contributed by atoms with Gasteiger partial charge in [0, 0.05) is 30.9 Å². The van der Waals surface area contributed by atoms with Gasteiger partial charge in [0.2, 0.25) is 0 Å². The van der Waals surface area contributed by atoms with E-state index in [-0.39, 0.29) is 12.5 Å². The van der Waals surface area contributed by atoms with Crippen molar-refractivity contribution in [3.05, 3.63) is 41.7 Å². The van der Waals surface area contributed by atoms with Gasteiger partial charge in [0.05, 0.1) is 12.7 Å². The van der Waals surface area contributed by atoms with Crippen molar-refractivity contribution in [2.75, 3.05) is 6.54 Å². The molecule has 3 rings (SSSR count). The molecule has 2 aromatic heterocycles. The lowest BCUT2D eigenvalue weighted by atomic mass is 10.00. The second-order valence-corrected chi connectivity index (χ2v) is 5.93. The van der Waals surface area contributed by atoms with Crippen LogP contribution in [0.2, 0.25) is 0 Å². The smallest absolute Gasteiger partial charge is 0.270 e. The first kappa shape index (κ1) is 14.6. The van der Waals surface area contributed by atoms with Crippen molar-refractivity contribution in [3.8, 4) is 0 Å². The van der Waals surface area contributed by atoms with E-state index >= 15 is 0 Å². The van der Waals surface area contributed by atoms with Gasteiger partial charge in [0.15, 0.2) is 0 Å². The zero-order valence-electron chi connectivity index (χ0n) is 12.7. The summed E-state index contributed by atoms with van der Waals surface area (Å²) in [6.07, 6.45) is 7.08. The molecule has 22 heavy (non-hydrogen) atoms. The number of aromatic nitrogens is 4. The van der Waals surface area contributed by atoms with E-state index in [1.807, 2.05) is 0 Å². The fraction of sp³-hybridized carbons (Fsp3) is 0.467. The van der Waals surface area contributed by atoms with Crippen LogP contribution < -0.4 is 5.32 Å². The molecule has 116 valence electrons. The normalized spacial score (nSPS) is 17.0. The van der Waals surface area contributed by atoms with Gasteiger partial charge in [0.25, 0.3) is 5.91 Å². The molecule has 1 unspecified atom stereocenters. The van der Waals surface area contributed by atoms with Crippen LogP contribution >= 0.6 is 0 Å². The number of nitrogens with one attached hydrogen (secondary N) is 1. The van der Waals surface area contributed by atoms with Gasteiger partial charge < -0.3 is 10.4 Å². The van der Waals surface area contributed by atoms with E-state index in [0.717, 1.165) is 18.7 Å². The molecular weight excluding hydrogens is 282 g/mol. The van der Waals surface area contributed by atoms with Gasteiger partial charge in [-0.15, -0.1) is 0 Å². The molecule has 7 nitrogen and oxygen atoms in total. The number of aliphatic hydroxyl groups is 1. The van der Waals surface area contributed by atoms with Gasteiger partial charge in [-0.3, -0.25) is 9.48 Å². The first-order chi connectivity index (χ1) is 10.5. The second-order valence-electron chi connectivity index (χ2n) is 5.93. The van der Waals surface area contributed by atoms with E-state index in [4.69, 9.17) is 0 Å². The summed E-state index contributed by atoms with van der Waals surface area (Å²) in [7, 11) is 1.78. The fourth-order valence-corrected chi connectivity index (χ4v) is 2.18. The van der Waals surface area contributed by atoms with Crippen molar-refractivity contribution < 1.29 is 9.90 Å². The Labute approximate surface area is 128 Å². The third kappa shape index (κ3) is 3.14. The molecule has 1 aliphatic rings. The lowest BCUT2D eigenvalue weighted by molar-refractivity contribution is 0.0524. The number of nitrogens with zero attached hydrogens (tertiary/aromatic N) is 4. The first-order valence-corrected chi connectivity index (χ1v) is 7.28. The van der Waals surface area contributed by atoms with Crippen LogP contribution in [0.25, 0.3) is 0 Å². The van der Waals surface area contributed by atoms with Crippen LogP contribution in [0.5, 0.6) is 0 Å². The summed E-state index contributed by atoms with van der Waals surface area (Å²) in [4.78, 5) is 20.7. The second kappa shape index (κ2) is 5.49. The number of hydrogen-bond donors (Lipinski definition) is 2. The van der Waals surface area contributed by atoms with Gasteiger partial charge in [-0.25, -0.2) is 9.97 Å². The third-order valence-corrected chi connectivity index (χ3v) is 3.77. The minimum Gasteiger partial charge on any atom is -0.383 e. The van der Waals surface area contributed by atoms with Gasteiger partial charge in [-0.05, 0) is 25.8 Å². The SMILES string of the molecule is Cn1cc(C(C)(O)CNC(=O)c2ccnc(C3CC3)n2)cn1. The molecule has 1 aliphatic carbocycles. The monoisotopic (exact) mass is 301 g/mol. The average Bonchev–Trinajstić information content (AvgIpc) is 3.26. The highest BCUT2D eigenvalue weighted by Gasteiger charge is 2.28. The van der Waals surface area contributed by atoms with E-state index in [1.165, 1.54) is 0 Å². The number of hydrogen-bond acceptors (Lipinski definition) is 5. The van der Waals surface area contributed by atoms with Crippen molar-refractivity contribution in [3.63, 3.8) is 0 Å². The van der Waals surface area contributed by atoms with E-state index in [9.17, 15) is 9.90 Å². The summed E-state index contributed by atoms with van der Waals surface area (Å²) in [5.74, 6) is 0.811. The maximum atomic E-state index is 12.2. The number of aryl methyl sites for hydroxylation is 1. The Bertz CT molecular complexity index is 691. The Balaban J connectivity index is 1.65. The van der Waals surface area contributed by atoms with Crippen molar-refractivity contribution in [1.29, 1.82) is 0 Å². The Morgan fingerprint density at radius 2 is 2.32 bits per heavy atom. The molecular formula is C15H19N5O2. The molecule has 1 saturated carbocycles. The van der Waals surface area contributed by atoms with Crippen LogP contribution in [-0.4, -0.2) is 37.3 Å². The molecule has 2 heterocycles. The molecule has 0 bridgehead atoms. The number of rotatable bonds is 5. The average molecular weight is 301 g/mol. The summed E-state index contributed by atoms with van der Waals surface area (Å²) >= 11 is 0. The minimum atomic E-state index is -1.18. The van der Waals surface area contributed by atoms with Gasteiger partial charge >= 0.3 is 0 Å². The molecule has 2 N–H and O–H groups in total. The largest absolute Gasteiger partial charge is 0.383 e. The maximum absolute atomic E-state index is 12.2. The summed E-state index contributed by atoms with van der Waals surface area (Å²) in [5.41, 5.74) is -0.202. The Hall–Kier alpha value is -2.28. The van der Waals surface area contributed by atoms with Crippen LogP contribution in [0, 0.1) is 0 Å². The molecule has 0 spiro atoms. The highest BCUT2D eigenvalue weighted by molar-refractivity contribution is 5.92. The van der Waals surface area contributed by atoms with Crippen LogP contribution in [0.4, 0.5) is 0 Å². The fourth-order valence-electron chi connectivity index (χ4n) is 2.18. The third-order valence-electron chi connectivity index (χ3n) is 3.77. The Morgan fingerprint density at radius 1 is 1.55 bits per heavy atom. The Kier molecular flexibility index (Phi) is 3.66. The van der Waals surface area contributed by atoms with E-state index in [2.05, 4.69) is 20.4 Å². The predicted molar refractivity (Wildman–Crippen MR) is 79.1 cm³/mol. The summed E-state index contributed by atoms with van der Waals surface area (Å²) < 4.78 is 1.61. The van der Waals surface area contributed by atoms with Crippen LogP contribution in [0.1, 0.15) is 47.6 Å². The van der Waals surface area contributed by atoms with Gasteiger partial charge in [-0.2, -0.15) is 5.10 Å². The molecule has 0 saturated heterocycles. The van der Waals surface area contributed by atoms with E-state index < -0.39 is 5.60 Å². The first-order valence-electron chi connectivity index (χ1n) is 7.28. The molecule has 2 aromatic rings. The molecule has 0 radical (unpaired) electrons. The quantitative estimate of drug-likeness (QED) is 0.849. The van der Waals surface area contributed by atoms with Crippen molar-refractivity contribution in [2.24, 2.45) is 7.05 Å². The van der Waals surface area contributed by atoms with Crippen molar-refractivity contribution in [2.45, 2.75) is 31.3 Å². The highest BCUT2D eigenvalue weighted by Crippen LogP contribution is 2.37. The maximum Gasteiger partial charge on any atom is 0.270 e. The minimum absolute atomic E-state index is 0.0836. The van der Waals surface area contributed by atoms with Crippen molar-refractivity contribution >= 4 is 5.91 Å². The molecule has 7 heteroatoms. The molecule has 1 atom stereocenters. The van der Waals surface area contributed by atoms with Crippen LogP contribution in [-0.2, 0) is 12.6 Å². The molecule has 1 amide bonds. The van der Waals surface area contributed by atoms with E-state index in [0.29, 0.717) is 17.2 Å². The standard InChI is InChI=1S/C15H19N5O2/c1-15(22,11-7-18-20(2)8-11)9-17-14(21)12-5-6-16-13(19-12)10-3-4-10/h5-8,10,22H,3-4,9H2,1-2H3,(H,17,21). The topological polar surface area (TPSA) is 92.9 Å². The van der Waals surface area contributed by atoms with Gasteiger partial charge in [-0.1, -0.05) is 0 Å². The summed E-state index contributed by atoms with van der Waals surface area (Å²) in [5, 5.41) is 17.2. The van der Waals surface area contributed by atoms with Crippen molar-refractivity contribution in [1.82, 2.24) is 25.1 Å². The summed E-state index contributed by atoms with van der Waals surface area (Å²) in [6.45, 7) is 1.72. The zero-order chi connectivity index (χ0) is 15.7. The molecule has 0 aliphatic heterocycles. The van der Waals surface area contributed by atoms with Crippen LogP contribution in [0.3, 0.4) is 0 Å². The highest BCUT2D eigenvalue weighted by atomic mass is 16.3. The molecule has 0 aromatic carbocycles. The number of carbonyl (C=O) groups is 1. The predicted octanol–water partition coefficient (Wildman–Crippen LogP) is 0.725. The summed E-state index contributed by atoms with van der Waals surface area (Å²) in [6, 6.07) is 1.58. The Morgan fingerprint density at radius 3 is 2.95 bits per heavy atom. The number of carbonyl (C=O) groups excluding carboxylic acids is 1. The lowest BCUT2D eigenvalue weighted by Crippen LogP contribution is -2.38. The van der Waals surface area contributed by atoms with E-state index in [1.54, 1.807) is 43.3 Å². The number of amides is 1. The van der Waals surface area contributed by atoms with Gasteiger partial charge in [0.1, 0.15) is 17.1 Å².